The highest BCUT2D eigenvalue weighted by molar-refractivity contribution is 6.07. The van der Waals surface area contributed by atoms with Gasteiger partial charge in [0.2, 0.25) is 0 Å². The van der Waals surface area contributed by atoms with Gasteiger partial charge in [0.25, 0.3) is 5.91 Å². The van der Waals surface area contributed by atoms with E-state index >= 15 is 0 Å². The van der Waals surface area contributed by atoms with Gasteiger partial charge in [-0.2, -0.15) is 0 Å². The molecule has 2 aliphatic carbocycles. The van der Waals surface area contributed by atoms with E-state index in [1.165, 1.54) is 11.3 Å². The highest BCUT2D eigenvalue weighted by Crippen LogP contribution is 2.41. The molecule has 0 spiro atoms. The van der Waals surface area contributed by atoms with E-state index in [1.807, 2.05) is 6.92 Å². The SMILES string of the molecule is CN1C(=O)N(CCC2(C=O)CCCCC2)C(=O)C1(C)C1C=CCCC1. The molecule has 1 saturated heterocycles. The van der Waals surface area contributed by atoms with Gasteiger partial charge in [0, 0.05) is 24.9 Å². The molecule has 0 bridgehead atoms. The van der Waals surface area contributed by atoms with Gasteiger partial charge in [-0.15, -0.1) is 0 Å². The molecule has 3 aliphatic rings. The Morgan fingerprint density at radius 3 is 2.52 bits per heavy atom. The zero-order chi connectivity index (χ0) is 18.1. The summed E-state index contributed by atoms with van der Waals surface area (Å²) in [4.78, 5) is 40.6. The topological polar surface area (TPSA) is 57.7 Å². The summed E-state index contributed by atoms with van der Waals surface area (Å²) in [6.45, 7) is 2.25. The minimum absolute atomic E-state index is 0.0717. The lowest BCUT2D eigenvalue weighted by molar-refractivity contribution is -0.135. The van der Waals surface area contributed by atoms with E-state index in [0.29, 0.717) is 13.0 Å². The molecule has 0 aromatic rings. The van der Waals surface area contributed by atoms with Crippen LogP contribution in [0.3, 0.4) is 0 Å². The molecule has 2 unspecified atom stereocenters. The van der Waals surface area contributed by atoms with Crippen molar-refractivity contribution in [1.82, 2.24) is 9.80 Å². The first-order valence-corrected chi connectivity index (χ1v) is 9.67. The number of urea groups is 1. The van der Waals surface area contributed by atoms with Crippen LogP contribution in [-0.2, 0) is 9.59 Å². The van der Waals surface area contributed by atoms with Crippen LogP contribution in [0.4, 0.5) is 4.79 Å². The predicted molar refractivity (Wildman–Crippen MR) is 96.0 cm³/mol. The fraction of sp³-hybridized carbons (Fsp3) is 0.750. The maximum atomic E-state index is 13.2. The van der Waals surface area contributed by atoms with Gasteiger partial charge in [-0.1, -0.05) is 31.4 Å². The minimum Gasteiger partial charge on any atom is -0.312 e. The van der Waals surface area contributed by atoms with E-state index in [-0.39, 0.29) is 23.3 Å². The highest BCUT2D eigenvalue weighted by atomic mass is 16.2. The molecule has 25 heavy (non-hydrogen) atoms. The number of aldehydes is 1. The summed E-state index contributed by atoms with van der Waals surface area (Å²) in [6.07, 6.45) is 14.0. The smallest absolute Gasteiger partial charge is 0.312 e. The number of imide groups is 1. The van der Waals surface area contributed by atoms with Crippen molar-refractivity contribution < 1.29 is 14.4 Å². The lowest BCUT2D eigenvalue weighted by Gasteiger charge is -2.36. The Bertz CT molecular complexity index is 579. The third-order valence-corrected chi connectivity index (χ3v) is 6.80. The Balaban J connectivity index is 1.75. The van der Waals surface area contributed by atoms with Gasteiger partial charge in [0.1, 0.15) is 11.8 Å². The van der Waals surface area contributed by atoms with Gasteiger partial charge in [0.05, 0.1) is 0 Å². The van der Waals surface area contributed by atoms with Crippen LogP contribution in [0.2, 0.25) is 0 Å². The summed E-state index contributed by atoms with van der Waals surface area (Å²) in [7, 11) is 1.73. The molecule has 1 aliphatic heterocycles. The van der Waals surface area contributed by atoms with Crippen LogP contribution in [-0.4, -0.2) is 47.2 Å². The zero-order valence-electron chi connectivity index (χ0n) is 15.5. The summed E-state index contributed by atoms with van der Waals surface area (Å²) < 4.78 is 0. The number of nitrogens with zero attached hydrogens (tertiary/aromatic N) is 2. The lowest BCUT2D eigenvalue weighted by Crippen LogP contribution is -2.51. The largest absolute Gasteiger partial charge is 0.327 e. The summed E-state index contributed by atoms with van der Waals surface area (Å²) in [5, 5.41) is 0. The summed E-state index contributed by atoms with van der Waals surface area (Å²) >= 11 is 0. The van der Waals surface area contributed by atoms with E-state index in [0.717, 1.165) is 51.2 Å². The zero-order valence-corrected chi connectivity index (χ0v) is 15.5. The predicted octanol–water partition coefficient (Wildman–Crippen LogP) is 3.53. The number of hydrogen-bond donors (Lipinski definition) is 0. The molecule has 0 N–H and O–H groups in total. The van der Waals surface area contributed by atoms with Gasteiger partial charge in [-0.25, -0.2) is 4.79 Å². The lowest BCUT2D eigenvalue weighted by atomic mass is 9.73. The molecule has 3 rings (SSSR count). The van der Waals surface area contributed by atoms with E-state index in [9.17, 15) is 14.4 Å². The third-order valence-electron chi connectivity index (χ3n) is 6.80. The number of likely N-dealkylation sites (N-methyl/N-ethyl adjacent to an activating group) is 1. The molecule has 138 valence electrons. The molecule has 1 heterocycles. The van der Waals surface area contributed by atoms with Crippen molar-refractivity contribution >= 4 is 18.2 Å². The Labute approximate surface area is 150 Å². The first-order valence-electron chi connectivity index (χ1n) is 9.67. The Morgan fingerprint density at radius 1 is 1.20 bits per heavy atom. The second-order valence-corrected chi connectivity index (χ2v) is 8.20. The van der Waals surface area contributed by atoms with E-state index in [2.05, 4.69) is 12.2 Å². The van der Waals surface area contributed by atoms with Crippen molar-refractivity contribution in [3.05, 3.63) is 12.2 Å². The van der Waals surface area contributed by atoms with Crippen LogP contribution < -0.4 is 0 Å². The average Bonchev–Trinajstić information content (AvgIpc) is 2.83. The monoisotopic (exact) mass is 346 g/mol. The van der Waals surface area contributed by atoms with Crippen LogP contribution in [0.1, 0.15) is 64.7 Å². The standard InChI is InChI=1S/C20H30N2O3/c1-19(16-9-5-3-6-10-16)17(24)22(18(25)21(19)2)14-13-20(15-23)11-7-4-8-12-20/h5,9,15-16H,3-4,6-8,10-14H2,1-2H3. The van der Waals surface area contributed by atoms with Gasteiger partial charge < -0.3 is 9.69 Å². The van der Waals surface area contributed by atoms with E-state index in [1.54, 1.807) is 11.9 Å². The van der Waals surface area contributed by atoms with Crippen molar-refractivity contribution in [3.8, 4) is 0 Å². The molecule has 2 atom stereocenters. The minimum atomic E-state index is -0.797. The first-order chi connectivity index (χ1) is 11.9. The van der Waals surface area contributed by atoms with Crippen LogP contribution in [0, 0.1) is 11.3 Å². The maximum absolute atomic E-state index is 13.2. The van der Waals surface area contributed by atoms with E-state index in [4.69, 9.17) is 0 Å². The molecule has 3 amide bonds. The summed E-state index contributed by atoms with van der Waals surface area (Å²) in [5.74, 6) is -0.0316. The maximum Gasteiger partial charge on any atom is 0.327 e. The number of allylic oxidation sites excluding steroid dienone is 1. The summed E-state index contributed by atoms with van der Waals surface area (Å²) in [6, 6.07) is -0.219. The molecule has 2 fully saturated rings. The second-order valence-electron chi connectivity index (χ2n) is 8.20. The molecule has 0 radical (unpaired) electrons. The Morgan fingerprint density at radius 2 is 1.92 bits per heavy atom. The van der Waals surface area contributed by atoms with Crippen molar-refractivity contribution in [2.45, 2.75) is 70.3 Å². The van der Waals surface area contributed by atoms with Crippen molar-refractivity contribution in [2.24, 2.45) is 11.3 Å². The molecule has 0 aromatic heterocycles. The molecular formula is C20H30N2O3. The van der Waals surface area contributed by atoms with Gasteiger partial charge in [-0.3, -0.25) is 9.69 Å². The van der Waals surface area contributed by atoms with Gasteiger partial charge in [0.15, 0.2) is 0 Å². The molecule has 1 saturated carbocycles. The fourth-order valence-electron chi connectivity index (χ4n) is 4.79. The van der Waals surface area contributed by atoms with Crippen molar-refractivity contribution in [2.75, 3.05) is 13.6 Å². The Hall–Kier alpha value is -1.65. The quantitative estimate of drug-likeness (QED) is 0.435. The average molecular weight is 346 g/mol. The van der Waals surface area contributed by atoms with Crippen LogP contribution in [0.25, 0.3) is 0 Å². The van der Waals surface area contributed by atoms with Crippen LogP contribution in [0.5, 0.6) is 0 Å². The Kier molecular flexibility index (Phi) is 5.03. The first kappa shape index (κ1) is 18.2. The summed E-state index contributed by atoms with van der Waals surface area (Å²) in [5.41, 5.74) is -1.14. The second kappa shape index (κ2) is 6.93. The third kappa shape index (κ3) is 3.02. The van der Waals surface area contributed by atoms with Crippen molar-refractivity contribution in [3.63, 3.8) is 0 Å². The number of amides is 3. The normalized spacial score (nSPS) is 32.3. The number of rotatable bonds is 5. The molecular weight excluding hydrogens is 316 g/mol. The number of carbonyl (C=O) groups is 3. The highest BCUT2D eigenvalue weighted by Gasteiger charge is 2.56. The fourth-order valence-corrected chi connectivity index (χ4v) is 4.79. The molecule has 5 nitrogen and oxygen atoms in total. The molecule has 5 heteroatoms. The number of carbonyl (C=O) groups excluding carboxylic acids is 3. The van der Waals surface area contributed by atoms with Crippen molar-refractivity contribution in [1.29, 1.82) is 0 Å². The molecule has 0 aromatic carbocycles. The van der Waals surface area contributed by atoms with Crippen LogP contribution in [0.15, 0.2) is 12.2 Å². The van der Waals surface area contributed by atoms with Gasteiger partial charge >= 0.3 is 6.03 Å². The van der Waals surface area contributed by atoms with E-state index < -0.39 is 5.54 Å². The number of hydrogen-bond acceptors (Lipinski definition) is 3. The van der Waals surface area contributed by atoms with Gasteiger partial charge in [-0.05, 0) is 45.4 Å². The van der Waals surface area contributed by atoms with Crippen LogP contribution >= 0.6 is 0 Å².